The first-order valence-electron chi connectivity index (χ1n) is 1.59. The molecule has 0 aromatic carbocycles. The van der Waals surface area contributed by atoms with Crippen molar-refractivity contribution in [2.24, 2.45) is 0 Å². The molecule has 0 aromatic heterocycles. The molecule has 0 saturated carbocycles. The molecule has 0 spiro atoms. The summed E-state index contributed by atoms with van der Waals surface area (Å²) in [6.45, 7) is 1.19. The van der Waals surface area contributed by atoms with E-state index in [0.717, 1.165) is 14.5 Å². The topological polar surface area (TPSA) is 0 Å². The summed E-state index contributed by atoms with van der Waals surface area (Å²) in [6, 6.07) is 0. The van der Waals surface area contributed by atoms with Crippen molar-refractivity contribution in [2.75, 3.05) is 0 Å². The number of rotatable bonds is 0. The average molecular weight is 181 g/mol. The van der Waals surface area contributed by atoms with Crippen LogP contribution in [0.15, 0.2) is 11.1 Å². The fourth-order valence-electron chi connectivity index (χ4n) is 0.209. The molecule has 0 aliphatic carbocycles. The summed E-state index contributed by atoms with van der Waals surface area (Å²) < 4.78 is 0. The van der Waals surface area contributed by atoms with Gasteiger partial charge in [-0.3, -0.25) is 0 Å². The minimum absolute atomic E-state index is 0.857. The monoisotopic (exact) mass is 182 g/mol. The maximum absolute atomic E-state index is 2.28. The van der Waals surface area contributed by atoms with Crippen LogP contribution in [-0.4, -0.2) is 20.3 Å². The standard InChI is InChI=1S/C3H4P2Se/c1-2-4-5-6-3-1/h1-3,5H. The first-order chi connectivity index (χ1) is 3.00. The van der Waals surface area contributed by atoms with E-state index in [4.69, 9.17) is 0 Å². The molecule has 1 heterocycles. The summed E-state index contributed by atoms with van der Waals surface area (Å²) in [4.78, 5) is 2.28. The van der Waals surface area contributed by atoms with E-state index >= 15 is 0 Å². The van der Waals surface area contributed by atoms with Gasteiger partial charge in [0.15, 0.2) is 0 Å². The summed E-state index contributed by atoms with van der Waals surface area (Å²) in [5.74, 6) is 2.21. The molecule has 0 amide bonds. The molecule has 0 saturated heterocycles. The van der Waals surface area contributed by atoms with Crippen LogP contribution in [0.5, 0.6) is 0 Å². The second-order valence-corrected chi connectivity index (χ2v) is 8.61. The Balaban J connectivity index is 2.46. The predicted octanol–water partition coefficient (Wildman–Crippen LogP) is 1.47. The molecule has 0 bridgehead atoms. The van der Waals surface area contributed by atoms with Gasteiger partial charge in [-0.1, -0.05) is 0 Å². The molecule has 0 N–H and O–H groups in total. The number of hydrogen-bond donors (Lipinski definition) is 0. The third-order valence-corrected chi connectivity index (χ3v) is 7.33. The fourth-order valence-corrected chi connectivity index (χ4v) is 5.82. The Morgan fingerprint density at radius 2 is 2.67 bits per heavy atom. The van der Waals surface area contributed by atoms with Crippen LogP contribution in [0.4, 0.5) is 0 Å². The van der Waals surface area contributed by atoms with E-state index in [1.807, 2.05) is 0 Å². The summed E-state index contributed by atoms with van der Waals surface area (Å²) in [5, 5.41) is 0. The van der Waals surface area contributed by atoms with Crippen LogP contribution in [0, 0.1) is 0 Å². The molecule has 3 heteroatoms. The first kappa shape index (κ1) is 5.01. The first-order valence-corrected chi connectivity index (χ1v) is 7.86. The normalized spacial score (nSPS) is 25.3. The van der Waals surface area contributed by atoms with Gasteiger partial charge in [0, 0.05) is 0 Å². The molecule has 0 radical (unpaired) electrons. The summed E-state index contributed by atoms with van der Waals surface area (Å²) in [7, 11) is 1.54. The molecule has 6 heavy (non-hydrogen) atoms. The van der Waals surface area contributed by atoms with Gasteiger partial charge in [-0.2, -0.15) is 0 Å². The predicted molar refractivity (Wildman–Crippen MR) is 36.2 cm³/mol. The van der Waals surface area contributed by atoms with Crippen LogP contribution in [-0.2, 0) is 0 Å². The van der Waals surface area contributed by atoms with E-state index in [1.165, 1.54) is 6.96 Å². The molecule has 1 aliphatic heterocycles. The summed E-state index contributed by atoms with van der Waals surface area (Å²) in [5.41, 5.74) is 0. The molecule has 1 rings (SSSR count). The van der Waals surface area contributed by atoms with Gasteiger partial charge < -0.3 is 0 Å². The van der Waals surface area contributed by atoms with Gasteiger partial charge in [-0.05, 0) is 0 Å². The Morgan fingerprint density at radius 1 is 1.67 bits per heavy atom. The van der Waals surface area contributed by atoms with Gasteiger partial charge in [0.1, 0.15) is 0 Å². The van der Waals surface area contributed by atoms with E-state index < -0.39 is 0 Å². The average Bonchev–Trinajstić information content (AvgIpc) is 1.72. The number of hydrogen-bond acceptors (Lipinski definition) is 0. The fraction of sp³-hybridized carbons (Fsp3) is 0. The van der Waals surface area contributed by atoms with E-state index in [1.54, 1.807) is 7.89 Å². The number of allylic oxidation sites excluding steroid dienone is 1. The van der Waals surface area contributed by atoms with Gasteiger partial charge in [0.2, 0.25) is 0 Å². The quantitative estimate of drug-likeness (QED) is 0.392. The van der Waals surface area contributed by atoms with Gasteiger partial charge in [0.25, 0.3) is 0 Å². The zero-order chi connectivity index (χ0) is 4.24. The van der Waals surface area contributed by atoms with Crippen LogP contribution >= 0.6 is 14.9 Å². The van der Waals surface area contributed by atoms with Crippen LogP contribution in [0.3, 0.4) is 0 Å². The zero-order valence-corrected chi connectivity index (χ0v) is 6.70. The van der Waals surface area contributed by atoms with Crippen molar-refractivity contribution in [1.29, 1.82) is 0 Å². The van der Waals surface area contributed by atoms with E-state index in [0.29, 0.717) is 0 Å². The van der Waals surface area contributed by atoms with Crippen LogP contribution in [0.25, 0.3) is 0 Å². The van der Waals surface area contributed by atoms with Gasteiger partial charge >= 0.3 is 46.2 Å². The van der Waals surface area contributed by atoms with Crippen molar-refractivity contribution >= 4 is 35.2 Å². The summed E-state index contributed by atoms with van der Waals surface area (Å²) >= 11 is 0.857. The Kier molecular flexibility index (Phi) is 2.45. The van der Waals surface area contributed by atoms with Crippen LogP contribution in [0.2, 0.25) is 0 Å². The Bertz CT molecular complexity index is 74.8. The van der Waals surface area contributed by atoms with Crippen LogP contribution < -0.4 is 0 Å². The third kappa shape index (κ3) is 1.54. The second-order valence-electron chi connectivity index (χ2n) is 0.816. The van der Waals surface area contributed by atoms with E-state index in [2.05, 4.69) is 16.8 Å². The Labute approximate surface area is 46.6 Å². The molecule has 1 unspecified atom stereocenters. The third-order valence-electron chi connectivity index (χ3n) is 0.413. The molecule has 32 valence electrons. The molecule has 0 nitrogen and oxygen atoms in total. The second kappa shape index (κ2) is 2.94. The van der Waals surface area contributed by atoms with Crippen molar-refractivity contribution in [1.82, 2.24) is 0 Å². The maximum atomic E-state index is 2.28. The minimum atomic E-state index is 0.857. The van der Waals surface area contributed by atoms with Crippen molar-refractivity contribution in [2.45, 2.75) is 0 Å². The van der Waals surface area contributed by atoms with Gasteiger partial charge in [0.05, 0.1) is 0 Å². The molecular weight excluding hydrogens is 177 g/mol. The summed E-state index contributed by atoms with van der Waals surface area (Å²) in [6.07, 6.45) is 2.16. The molecule has 0 fully saturated rings. The zero-order valence-electron chi connectivity index (χ0n) is 3.09. The SMILES string of the molecule is C1=C[Se]PP=C1. The molecule has 0 aromatic rings. The van der Waals surface area contributed by atoms with Crippen molar-refractivity contribution in [3.63, 3.8) is 0 Å². The Morgan fingerprint density at radius 3 is 2.83 bits per heavy atom. The van der Waals surface area contributed by atoms with E-state index in [-0.39, 0.29) is 0 Å². The van der Waals surface area contributed by atoms with Gasteiger partial charge in [-0.15, -0.1) is 0 Å². The van der Waals surface area contributed by atoms with Crippen molar-refractivity contribution in [3.05, 3.63) is 11.1 Å². The molecular formula is C3H4P2Se. The van der Waals surface area contributed by atoms with Gasteiger partial charge in [-0.25, -0.2) is 0 Å². The molecule has 1 atom stereocenters. The van der Waals surface area contributed by atoms with Crippen molar-refractivity contribution in [3.8, 4) is 0 Å². The molecule has 1 aliphatic rings. The Hall–Kier alpha value is 0.859. The van der Waals surface area contributed by atoms with Crippen LogP contribution in [0.1, 0.15) is 0 Å². The van der Waals surface area contributed by atoms with E-state index in [9.17, 15) is 0 Å². The van der Waals surface area contributed by atoms with Crippen molar-refractivity contribution < 1.29 is 0 Å².